The highest BCUT2D eigenvalue weighted by molar-refractivity contribution is 14.1. The zero-order valence-corrected chi connectivity index (χ0v) is 38.9. The number of methoxy groups -OCH3 is 4. The standard InChI is InChI=1S/C42H47IN6O11S2/c1-42(2,3)60-41(51)48-26-33(22-35(48)40(50)59-7)61(52,53)36-21-20-34(43)37(39-44-46-49(45-39)25-29-12-18-32(58-6)19-13-29)38(36)62(54,55)47(23-27-8-14-30(56-4)15-9-27)24-28-10-16-31(57-5)17-11-28/h8-21,33,35H,22-26H2,1-7H3/t33-,35-/m0/s1. The molecule has 0 bridgehead atoms. The Morgan fingerprint density at radius 3 is 1.77 bits per heavy atom. The van der Waals surface area contributed by atoms with Crippen LogP contribution in [0.1, 0.15) is 43.9 Å². The van der Waals surface area contributed by atoms with Crippen molar-refractivity contribution in [2.45, 2.75) is 73.5 Å². The van der Waals surface area contributed by atoms with Gasteiger partial charge in [-0.1, -0.05) is 36.4 Å². The van der Waals surface area contributed by atoms with Crippen molar-refractivity contribution < 1.29 is 50.1 Å². The van der Waals surface area contributed by atoms with E-state index in [1.54, 1.807) is 88.5 Å². The van der Waals surface area contributed by atoms with Gasteiger partial charge in [-0.25, -0.2) is 26.4 Å². The molecule has 20 heteroatoms. The van der Waals surface area contributed by atoms with Gasteiger partial charge in [-0.05, 0) is 120 Å². The number of aromatic nitrogens is 4. The van der Waals surface area contributed by atoms with Crippen LogP contribution in [0.15, 0.2) is 94.7 Å². The average Bonchev–Trinajstić information content (AvgIpc) is 3.92. The summed E-state index contributed by atoms with van der Waals surface area (Å²) in [4.78, 5) is 27.6. The van der Waals surface area contributed by atoms with Crippen molar-refractivity contribution >= 4 is 54.5 Å². The number of carbonyl (C=O) groups excluding carboxylic acids is 2. The van der Waals surface area contributed by atoms with E-state index < -0.39 is 71.6 Å². The highest BCUT2D eigenvalue weighted by Gasteiger charge is 2.49. The number of hydrogen-bond donors (Lipinski definition) is 0. The van der Waals surface area contributed by atoms with E-state index >= 15 is 16.8 Å². The molecule has 0 aliphatic carbocycles. The molecule has 0 N–H and O–H groups in total. The van der Waals surface area contributed by atoms with Crippen LogP contribution >= 0.6 is 22.6 Å². The molecule has 1 fully saturated rings. The molecule has 62 heavy (non-hydrogen) atoms. The zero-order valence-electron chi connectivity index (χ0n) is 35.1. The number of carbonyl (C=O) groups is 2. The minimum Gasteiger partial charge on any atom is -0.497 e. The number of likely N-dealkylation sites (tertiary alicyclic amines) is 1. The molecular formula is C42H47IN6O11S2. The number of hydrogen-bond acceptors (Lipinski definition) is 14. The fourth-order valence-electron chi connectivity index (χ4n) is 6.84. The molecule has 0 saturated carbocycles. The minimum atomic E-state index is -4.86. The number of amides is 1. The number of nitrogens with zero attached hydrogens (tertiary/aromatic N) is 6. The third kappa shape index (κ3) is 10.3. The molecule has 5 aromatic rings. The molecule has 1 aromatic heterocycles. The number of rotatable bonds is 15. The summed E-state index contributed by atoms with van der Waals surface area (Å²) in [5, 5.41) is 11.6. The van der Waals surface area contributed by atoms with Gasteiger partial charge >= 0.3 is 12.1 Å². The fourth-order valence-corrected chi connectivity index (χ4v) is 11.8. The van der Waals surface area contributed by atoms with Crippen LogP contribution in [0.25, 0.3) is 11.4 Å². The van der Waals surface area contributed by atoms with Gasteiger partial charge in [0.1, 0.15) is 33.8 Å². The van der Waals surface area contributed by atoms with Gasteiger partial charge in [-0.2, -0.15) is 9.10 Å². The number of sulfonamides is 1. The van der Waals surface area contributed by atoms with Crippen LogP contribution < -0.4 is 14.2 Å². The van der Waals surface area contributed by atoms with E-state index in [4.69, 9.17) is 23.7 Å². The van der Waals surface area contributed by atoms with Crippen molar-refractivity contribution in [3.05, 3.63) is 105 Å². The number of tetrazole rings is 1. The number of benzene rings is 4. The Bertz CT molecular complexity index is 2570. The SMILES string of the molecule is COC(=O)[C@@H]1C[C@H](S(=O)(=O)c2ccc(I)c(-c3nnn(Cc4ccc(OC)cc4)n3)c2S(=O)(=O)N(Cc2ccc(OC)cc2)Cc2ccc(OC)cc2)CN1C(=O)OC(C)(C)C. The molecule has 4 aromatic carbocycles. The van der Waals surface area contributed by atoms with Gasteiger partial charge in [-0.3, -0.25) is 4.90 Å². The van der Waals surface area contributed by atoms with E-state index in [1.165, 1.54) is 35.5 Å². The lowest BCUT2D eigenvalue weighted by Crippen LogP contribution is -2.44. The van der Waals surface area contributed by atoms with Gasteiger partial charge in [0, 0.05) is 23.2 Å². The van der Waals surface area contributed by atoms with Gasteiger partial charge < -0.3 is 23.7 Å². The third-order valence-corrected chi connectivity index (χ3v) is 15.1. The summed E-state index contributed by atoms with van der Waals surface area (Å²) in [5.41, 5.74) is 0.861. The van der Waals surface area contributed by atoms with Crippen LogP contribution in [-0.4, -0.2) is 110 Å². The Hall–Kier alpha value is -5.32. The van der Waals surface area contributed by atoms with Crippen LogP contribution in [-0.2, 0) is 53.8 Å². The minimum absolute atomic E-state index is 0.103. The van der Waals surface area contributed by atoms with E-state index in [1.807, 2.05) is 34.7 Å². The molecule has 2 heterocycles. The first-order chi connectivity index (χ1) is 29.4. The Morgan fingerprint density at radius 1 is 0.774 bits per heavy atom. The van der Waals surface area contributed by atoms with Gasteiger partial charge in [-0.15, -0.1) is 10.2 Å². The topological polar surface area (TPSA) is 199 Å². The summed E-state index contributed by atoms with van der Waals surface area (Å²) < 4.78 is 89.6. The Balaban J connectivity index is 1.53. The van der Waals surface area contributed by atoms with Crippen LogP contribution in [0.2, 0.25) is 0 Å². The second-order valence-electron chi connectivity index (χ2n) is 15.3. The molecule has 1 amide bonds. The lowest BCUT2D eigenvalue weighted by atomic mass is 10.2. The largest absolute Gasteiger partial charge is 0.497 e. The zero-order chi connectivity index (χ0) is 45.0. The Morgan fingerprint density at radius 2 is 1.29 bits per heavy atom. The van der Waals surface area contributed by atoms with Gasteiger partial charge in [0.25, 0.3) is 0 Å². The Kier molecular flexibility index (Phi) is 14.1. The molecule has 0 spiro atoms. The predicted octanol–water partition coefficient (Wildman–Crippen LogP) is 5.73. The molecule has 1 aliphatic heterocycles. The quantitative estimate of drug-likeness (QED) is 0.0910. The van der Waals surface area contributed by atoms with Crippen molar-refractivity contribution in [3.8, 4) is 28.6 Å². The van der Waals surface area contributed by atoms with E-state index in [0.29, 0.717) is 31.9 Å². The van der Waals surface area contributed by atoms with E-state index in [9.17, 15) is 9.59 Å². The molecule has 330 valence electrons. The average molecular weight is 1000 g/mol. The summed E-state index contributed by atoms with van der Waals surface area (Å²) in [6.45, 7) is 4.18. The monoisotopic (exact) mass is 1000 g/mol. The Labute approximate surface area is 374 Å². The first-order valence-corrected chi connectivity index (χ1v) is 23.3. The summed E-state index contributed by atoms with van der Waals surface area (Å²) in [6, 6.07) is 22.1. The molecule has 1 saturated heterocycles. The maximum atomic E-state index is 15.7. The second kappa shape index (κ2) is 19.0. The lowest BCUT2D eigenvalue weighted by Gasteiger charge is -2.27. The van der Waals surface area contributed by atoms with Crippen molar-refractivity contribution in [1.29, 1.82) is 0 Å². The summed E-state index contributed by atoms with van der Waals surface area (Å²) >= 11 is 1.92. The molecule has 2 atom stereocenters. The van der Waals surface area contributed by atoms with E-state index in [-0.39, 0.29) is 31.0 Å². The van der Waals surface area contributed by atoms with Crippen LogP contribution in [0.5, 0.6) is 17.2 Å². The predicted molar refractivity (Wildman–Crippen MR) is 235 cm³/mol. The number of halogens is 1. The van der Waals surface area contributed by atoms with Crippen molar-refractivity contribution in [2.75, 3.05) is 35.0 Å². The molecule has 0 unspecified atom stereocenters. The molecule has 6 rings (SSSR count). The smallest absolute Gasteiger partial charge is 0.411 e. The molecule has 17 nitrogen and oxygen atoms in total. The van der Waals surface area contributed by atoms with Gasteiger partial charge in [0.05, 0.1) is 50.7 Å². The van der Waals surface area contributed by atoms with Crippen LogP contribution in [0.3, 0.4) is 0 Å². The fraction of sp³-hybridized carbons (Fsp3) is 0.357. The van der Waals surface area contributed by atoms with Crippen molar-refractivity contribution in [1.82, 2.24) is 29.4 Å². The highest BCUT2D eigenvalue weighted by atomic mass is 127. The van der Waals surface area contributed by atoms with Gasteiger partial charge in [0.2, 0.25) is 15.8 Å². The number of sulfone groups is 1. The van der Waals surface area contributed by atoms with Crippen molar-refractivity contribution in [3.63, 3.8) is 0 Å². The van der Waals surface area contributed by atoms with Crippen molar-refractivity contribution in [2.24, 2.45) is 0 Å². The maximum absolute atomic E-state index is 15.7. The highest BCUT2D eigenvalue weighted by Crippen LogP contribution is 2.41. The van der Waals surface area contributed by atoms with E-state index in [0.717, 1.165) is 17.6 Å². The lowest BCUT2D eigenvalue weighted by molar-refractivity contribution is -0.145. The normalized spacial score (nSPS) is 15.7. The number of ether oxygens (including phenoxy) is 5. The summed E-state index contributed by atoms with van der Waals surface area (Å²) in [5.74, 6) is 0.746. The summed E-state index contributed by atoms with van der Waals surface area (Å²) in [6.07, 6.45) is -1.32. The van der Waals surface area contributed by atoms with Crippen LogP contribution in [0.4, 0.5) is 4.79 Å². The molecule has 0 radical (unpaired) electrons. The maximum Gasteiger partial charge on any atom is 0.411 e. The molecular weight excluding hydrogens is 956 g/mol. The molecule has 1 aliphatic rings. The van der Waals surface area contributed by atoms with E-state index in [2.05, 4.69) is 15.4 Å². The van der Waals surface area contributed by atoms with Crippen LogP contribution in [0, 0.1) is 3.57 Å². The number of esters is 1. The first-order valence-electron chi connectivity index (χ1n) is 19.2. The first kappa shape index (κ1) is 46.2. The summed E-state index contributed by atoms with van der Waals surface area (Å²) in [7, 11) is -3.87. The van der Waals surface area contributed by atoms with Gasteiger partial charge in [0.15, 0.2) is 9.84 Å². The third-order valence-electron chi connectivity index (χ3n) is 9.97. The second-order valence-corrected chi connectivity index (χ2v) is 20.5.